The fraction of sp³-hybridized carbons (Fsp3) is 0.0769. The van der Waals surface area contributed by atoms with E-state index in [0.717, 1.165) is 17.3 Å². The molecule has 1 amide bonds. The van der Waals surface area contributed by atoms with Gasteiger partial charge < -0.3 is 0 Å². The normalized spacial score (nSPS) is 11.4. The maximum atomic E-state index is 13.2. The number of carbonyl (C=O) groups excluding carboxylic acids is 1. The Hall–Kier alpha value is -4.57. The highest BCUT2D eigenvalue weighted by molar-refractivity contribution is 7.99. The number of nitro groups is 1. The molecule has 0 aliphatic rings. The molecule has 0 atom stereocenters. The van der Waals surface area contributed by atoms with E-state index in [1.165, 1.54) is 29.0 Å². The highest BCUT2D eigenvalue weighted by atomic mass is 32.2. The van der Waals surface area contributed by atoms with E-state index in [0.29, 0.717) is 27.3 Å². The van der Waals surface area contributed by atoms with Gasteiger partial charge in [-0.1, -0.05) is 53.7 Å². The van der Waals surface area contributed by atoms with Crippen molar-refractivity contribution >= 4 is 46.5 Å². The molecule has 1 N–H and O–H groups in total. The summed E-state index contributed by atoms with van der Waals surface area (Å²) in [5, 5.41) is 15.8. The molecule has 36 heavy (non-hydrogen) atoms. The summed E-state index contributed by atoms with van der Waals surface area (Å²) in [7, 11) is 0. The molecule has 180 valence electrons. The van der Waals surface area contributed by atoms with Gasteiger partial charge in [-0.3, -0.25) is 24.3 Å². The van der Waals surface area contributed by atoms with Crippen molar-refractivity contribution in [1.29, 1.82) is 0 Å². The zero-order chi connectivity index (χ0) is 25.5. The molecular weight excluding hydrogens is 478 g/mol. The average Bonchev–Trinajstić information content (AvgIpc) is 2.88. The van der Waals surface area contributed by atoms with Gasteiger partial charge in [0.05, 0.1) is 32.8 Å². The van der Waals surface area contributed by atoms with E-state index in [4.69, 9.17) is 0 Å². The minimum absolute atomic E-state index is 0.0231. The summed E-state index contributed by atoms with van der Waals surface area (Å²) in [5.41, 5.74) is 4.85. The standard InChI is InChI=1S/C26H21N5O4S/c1-18-12-14-20(15-13-18)30-25(33)21-9-3-4-10-22(21)28-26(30)36-17-24(32)29-27-16-6-8-19-7-2-5-11-23(19)31(34)35/h2-16H,17H2,1H3,(H,29,32)/b8-6-,27-16-. The van der Waals surface area contributed by atoms with Crippen molar-refractivity contribution in [2.75, 3.05) is 5.75 Å². The summed E-state index contributed by atoms with van der Waals surface area (Å²) < 4.78 is 1.50. The molecule has 0 saturated heterocycles. The minimum Gasteiger partial charge on any atom is -0.272 e. The first kappa shape index (κ1) is 24.6. The number of benzene rings is 3. The van der Waals surface area contributed by atoms with Crippen molar-refractivity contribution in [3.8, 4) is 5.69 Å². The SMILES string of the molecule is Cc1ccc(-n2c(SCC(=O)N/N=C\C=C/c3ccccc3[N+](=O)[O-])nc3ccccc3c2=O)cc1. The molecule has 0 spiro atoms. The Morgan fingerprint density at radius 2 is 1.83 bits per heavy atom. The molecule has 3 aromatic carbocycles. The van der Waals surface area contributed by atoms with Gasteiger partial charge in [-0.05, 0) is 49.4 Å². The first-order valence-corrected chi connectivity index (χ1v) is 11.9. The number of amides is 1. The summed E-state index contributed by atoms with van der Waals surface area (Å²) >= 11 is 1.12. The second-order valence-electron chi connectivity index (χ2n) is 7.66. The van der Waals surface area contributed by atoms with Crippen molar-refractivity contribution < 1.29 is 9.72 Å². The molecule has 0 aliphatic carbocycles. The molecule has 0 radical (unpaired) electrons. The van der Waals surface area contributed by atoms with Gasteiger partial charge in [0.1, 0.15) is 0 Å². The van der Waals surface area contributed by atoms with Crippen LogP contribution >= 0.6 is 11.8 Å². The highest BCUT2D eigenvalue weighted by Crippen LogP contribution is 2.22. The Kier molecular flexibility index (Phi) is 7.66. The van der Waals surface area contributed by atoms with Crippen LogP contribution in [-0.2, 0) is 4.79 Å². The number of nitrogens with zero attached hydrogens (tertiary/aromatic N) is 4. The number of aryl methyl sites for hydroxylation is 1. The zero-order valence-corrected chi connectivity index (χ0v) is 20.0. The molecule has 0 aliphatic heterocycles. The van der Waals surface area contributed by atoms with Crippen LogP contribution in [0.3, 0.4) is 0 Å². The van der Waals surface area contributed by atoms with Crippen LogP contribution in [-0.4, -0.2) is 32.3 Å². The Balaban J connectivity index is 1.47. The maximum Gasteiger partial charge on any atom is 0.276 e. The molecule has 9 nitrogen and oxygen atoms in total. The highest BCUT2D eigenvalue weighted by Gasteiger charge is 2.14. The number of hydrogen-bond donors (Lipinski definition) is 1. The number of aromatic nitrogens is 2. The molecule has 0 saturated carbocycles. The van der Waals surface area contributed by atoms with Gasteiger partial charge in [-0.15, -0.1) is 0 Å². The second-order valence-corrected chi connectivity index (χ2v) is 8.61. The van der Waals surface area contributed by atoms with Gasteiger partial charge in [0.25, 0.3) is 17.2 Å². The summed E-state index contributed by atoms with van der Waals surface area (Å²) in [6.45, 7) is 1.96. The van der Waals surface area contributed by atoms with E-state index in [9.17, 15) is 19.7 Å². The van der Waals surface area contributed by atoms with Crippen molar-refractivity contribution in [1.82, 2.24) is 15.0 Å². The van der Waals surface area contributed by atoms with Gasteiger partial charge in [0, 0.05) is 12.3 Å². The van der Waals surface area contributed by atoms with Crippen LogP contribution in [0.15, 0.2) is 93.9 Å². The molecule has 4 rings (SSSR count). The number of hydrogen-bond acceptors (Lipinski definition) is 7. The number of fused-ring (bicyclic) bond motifs is 1. The molecule has 1 aromatic heterocycles. The van der Waals surface area contributed by atoms with Crippen LogP contribution in [0, 0.1) is 17.0 Å². The van der Waals surface area contributed by atoms with E-state index in [-0.39, 0.29) is 17.0 Å². The van der Waals surface area contributed by atoms with E-state index in [1.807, 2.05) is 31.2 Å². The van der Waals surface area contributed by atoms with Gasteiger partial charge >= 0.3 is 0 Å². The number of carbonyl (C=O) groups is 1. The van der Waals surface area contributed by atoms with Crippen LogP contribution < -0.4 is 11.0 Å². The maximum absolute atomic E-state index is 13.2. The first-order chi connectivity index (χ1) is 17.4. The molecule has 1 heterocycles. The first-order valence-electron chi connectivity index (χ1n) is 10.9. The van der Waals surface area contributed by atoms with Crippen LogP contribution in [0.2, 0.25) is 0 Å². The minimum atomic E-state index is -0.465. The van der Waals surface area contributed by atoms with E-state index >= 15 is 0 Å². The van der Waals surface area contributed by atoms with Gasteiger partial charge in [-0.25, -0.2) is 10.4 Å². The number of allylic oxidation sites excluding steroid dienone is 1. The Labute approximate surface area is 210 Å². The third-order valence-electron chi connectivity index (χ3n) is 5.13. The molecule has 0 unspecified atom stereocenters. The van der Waals surface area contributed by atoms with Crippen LogP contribution in [0.1, 0.15) is 11.1 Å². The fourth-order valence-electron chi connectivity index (χ4n) is 3.39. The number of hydrazone groups is 1. The van der Waals surface area contributed by atoms with Crippen LogP contribution in [0.4, 0.5) is 5.69 Å². The summed E-state index contributed by atoms with van der Waals surface area (Å²) in [5.74, 6) is -0.421. The molecular formula is C26H21N5O4S. The van der Waals surface area contributed by atoms with Crippen molar-refractivity contribution in [2.45, 2.75) is 12.1 Å². The van der Waals surface area contributed by atoms with E-state index in [2.05, 4.69) is 15.5 Å². The van der Waals surface area contributed by atoms with E-state index < -0.39 is 10.8 Å². The van der Waals surface area contributed by atoms with Crippen molar-refractivity contribution in [2.24, 2.45) is 5.10 Å². The topological polar surface area (TPSA) is 119 Å². The van der Waals surface area contributed by atoms with E-state index in [1.54, 1.807) is 42.5 Å². The molecule has 0 fully saturated rings. The number of thioether (sulfide) groups is 1. The lowest BCUT2D eigenvalue weighted by molar-refractivity contribution is -0.385. The zero-order valence-electron chi connectivity index (χ0n) is 19.2. The second kappa shape index (κ2) is 11.2. The van der Waals surface area contributed by atoms with Crippen molar-refractivity contribution in [3.63, 3.8) is 0 Å². The third-order valence-corrected chi connectivity index (χ3v) is 6.07. The lowest BCUT2D eigenvalue weighted by atomic mass is 10.2. The Bertz CT molecular complexity index is 1540. The average molecular weight is 500 g/mol. The van der Waals surface area contributed by atoms with Crippen LogP contribution in [0.25, 0.3) is 22.7 Å². The predicted molar refractivity (Wildman–Crippen MR) is 142 cm³/mol. The fourth-order valence-corrected chi connectivity index (χ4v) is 4.19. The molecule has 10 heteroatoms. The number of para-hydroxylation sites is 2. The van der Waals surface area contributed by atoms with Crippen LogP contribution in [0.5, 0.6) is 0 Å². The summed E-state index contributed by atoms with van der Waals surface area (Å²) in [6, 6.07) is 20.9. The molecule has 0 bridgehead atoms. The summed E-state index contributed by atoms with van der Waals surface area (Å²) in [4.78, 5) is 40.8. The van der Waals surface area contributed by atoms with Gasteiger partial charge in [0.15, 0.2) is 5.16 Å². The smallest absolute Gasteiger partial charge is 0.272 e. The van der Waals surface area contributed by atoms with Crippen molar-refractivity contribution in [3.05, 3.63) is 110 Å². The predicted octanol–water partition coefficient (Wildman–Crippen LogP) is 4.51. The van der Waals surface area contributed by atoms with Gasteiger partial charge in [0.2, 0.25) is 0 Å². The Morgan fingerprint density at radius 3 is 2.61 bits per heavy atom. The molecule has 4 aromatic rings. The third kappa shape index (κ3) is 5.73. The largest absolute Gasteiger partial charge is 0.276 e. The lowest BCUT2D eigenvalue weighted by Gasteiger charge is -2.13. The Morgan fingerprint density at radius 1 is 1.11 bits per heavy atom. The number of nitro benzene ring substituents is 1. The monoisotopic (exact) mass is 499 g/mol. The summed E-state index contributed by atoms with van der Waals surface area (Å²) in [6.07, 6.45) is 4.35. The van der Waals surface area contributed by atoms with Gasteiger partial charge in [-0.2, -0.15) is 5.10 Å². The lowest BCUT2D eigenvalue weighted by Crippen LogP contribution is -2.24. The number of rotatable bonds is 8. The number of nitrogens with one attached hydrogen (secondary N) is 1. The quantitative estimate of drug-likeness (QED) is 0.125.